The molecule has 0 saturated heterocycles. The lowest BCUT2D eigenvalue weighted by molar-refractivity contribution is -0.135. The quantitative estimate of drug-likeness (QED) is 0.775. The predicted molar refractivity (Wildman–Crippen MR) is 67.0 cm³/mol. The molecule has 108 valence electrons. The van der Waals surface area contributed by atoms with E-state index in [0.717, 1.165) is 12.1 Å². The van der Waals surface area contributed by atoms with Gasteiger partial charge in [0.2, 0.25) is 10.0 Å². The lowest BCUT2D eigenvalue weighted by Crippen LogP contribution is -2.40. The van der Waals surface area contributed by atoms with E-state index in [4.69, 9.17) is 23.2 Å². The SMILES string of the molecule is O=S(=O)(c1ccc(Cl)cc1)N(CCCl)CC(F)(F)F. The first-order chi connectivity index (χ1) is 8.66. The van der Waals surface area contributed by atoms with Crippen LogP contribution in [0.15, 0.2) is 29.2 Å². The number of benzene rings is 1. The van der Waals surface area contributed by atoms with Gasteiger partial charge in [-0.15, -0.1) is 11.6 Å². The molecule has 0 aromatic heterocycles. The number of nitrogens with zero attached hydrogens (tertiary/aromatic N) is 1. The zero-order chi connectivity index (χ0) is 14.7. The molecule has 0 N–H and O–H groups in total. The highest BCUT2D eigenvalue weighted by Gasteiger charge is 2.36. The third-order valence-electron chi connectivity index (χ3n) is 2.14. The van der Waals surface area contributed by atoms with Crippen LogP contribution in [0.4, 0.5) is 13.2 Å². The molecule has 0 aliphatic rings. The van der Waals surface area contributed by atoms with E-state index in [2.05, 4.69) is 0 Å². The van der Waals surface area contributed by atoms with Gasteiger partial charge in [0.15, 0.2) is 0 Å². The standard InChI is InChI=1S/C10H10Cl2F3NO2S/c11-5-6-16(7-10(13,14)15)19(17,18)9-3-1-8(12)2-4-9/h1-4H,5-7H2. The molecule has 0 radical (unpaired) electrons. The zero-order valence-electron chi connectivity index (χ0n) is 9.49. The number of alkyl halides is 4. The highest BCUT2D eigenvalue weighted by Crippen LogP contribution is 2.23. The van der Waals surface area contributed by atoms with Crippen LogP contribution in [-0.4, -0.2) is 37.9 Å². The van der Waals surface area contributed by atoms with E-state index in [9.17, 15) is 21.6 Å². The molecular weight excluding hydrogens is 326 g/mol. The Labute approximate surface area is 119 Å². The van der Waals surface area contributed by atoms with Crippen LogP contribution in [0.25, 0.3) is 0 Å². The number of hydrogen-bond acceptors (Lipinski definition) is 2. The lowest BCUT2D eigenvalue weighted by atomic mass is 10.4. The minimum atomic E-state index is -4.63. The van der Waals surface area contributed by atoms with E-state index >= 15 is 0 Å². The number of hydrogen-bond donors (Lipinski definition) is 0. The zero-order valence-corrected chi connectivity index (χ0v) is 11.8. The van der Waals surface area contributed by atoms with Crippen LogP contribution in [0.5, 0.6) is 0 Å². The monoisotopic (exact) mass is 335 g/mol. The minimum Gasteiger partial charge on any atom is -0.207 e. The maximum atomic E-state index is 12.4. The molecule has 3 nitrogen and oxygen atoms in total. The minimum absolute atomic E-state index is 0.233. The van der Waals surface area contributed by atoms with Crippen molar-refractivity contribution >= 4 is 33.2 Å². The average molecular weight is 336 g/mol. The molecule has 0 aliphatic heterocycles. The topological polar surface area (TPSA) is 37.4 Å². The van der Waals surface area contributed by atoms with Crippen LogP contribution in [0.1, 0.15) is 0 Å². The van der Waals surface area contributed by atoms with E-state index < -0.39 is 29.3 Å². The normalized spacial score (nSPS) is 12.9. The summed E-state index contributed by atoms with van der Waals surface area (Å²) >= 11 is 10.9. The Morgan fingerprint density at radius 2 is 1.68 bits per heavy atom. The van der Waals surface area contributed by atoms with Crippen molar-refractivity contribution in [2.24, 2.45) is 0 Å². The Kier molecular flexibility index (Phi) is 5.49. The summed E-state index contributed by atoms with van der Waals surface area (Å²) < 4.78 is 61.5. The predicted octanol–water partition coefficient (Wildman–Crippen LogP) is 3.13. The molecule has 0 spiro atoms. The van der Waals surface area contributed by atoms with Crippen molar-refractivity contribution in [1.29, 1.82) is 0 Å². The third-order valence-corrected chi connectivity index (χ3v) is 4.42. The van der Waals surface area contributed by atoms with Crippen molar-refractivity contribution in [1.82, 2.24) is 4.31 Å². The molecule has 0 saturated carbocycles. The molecule has 0 amide bonds. The van der Waals surface area contributed by atoms with Gasteiger partial charge < -0.3 is 0 Å². The Balaban J connectivity index is 3.09. The molecule has 1 aromatic rings. The fourth-order valence-corrected chi connectivity index (χ4v) is 3.19. The second-order valence-electron chi connectivity index (χ2n) is 3.60. The highest BCUT2D eigenvalue weighted by atomic mass is 35.5. The van der Waals surface area contributed by atoms with E-state index in [1.54, 1.807) is 0 Å². The van der Waals surface area contributed by atoms with Gasteiger partial charge in [0.05, 0.1) is 4.90 Å². The Bertz CT molecular complexity index is 517. The molecule has 9 heteroatoms. The molecule has 0 unspecified atom stereocenters. The van der Waals surface area contributed by atoms with Crippen LogP contribution < -0.4 is 0 Å². The van der Waals surface area contributed by atoms with Gasteiger partial charge in [-0.3, -0.25) is 0 Å². The van der Waals surface area contributed by atoms with Gasteiger partial charge in [-0.2, -0.15) is 17.5 Å². The van der Waals surface area contributed by atoms with Crippen molar-refractivity contribution in [3.63, 3.8) is 0 Å². The second-order valence-corrected chi connectivity index (χ2v) is 6.35. The number of sulfonamides is 1. The summed E-state index contributed by atoms with van der Waals surface area (Å²) in [5.74, 6) is -0.233. The molecule has 1 rings (SSSR count). The largest absolute Gasteiger partial charge is 0.402 e. The lowest BCUT2D eigenvalue weighted by Gasteiger charge is -2.22. The van der Waals surface area contributed by atoms with E-state index in [0.29, 0.717) is 9.33 Å². The summed E-state index contributed by atoms with van der Waals surface area (Å²) in [6.45, 7) is -2.00. The van der Waals surface area contributed by atoms with E-state index in [1.807, 2.05) is 0 Å². The van der Waals surface area contributed by atoms with E-state index in [1.165, 1.54) is 12.1 Å². The van der Waals surface area contributed by atoms with Crippen LogP contribution in [0.2, 0.25) is 5.02 Å². The molecule has 0 heterocycles. The van der Waals surface area contributed by atoms with Crippen LogP contribution >= 0.6 is 23.2 Å². The van der Waals surface area contributed by atoms with Crippen LogP contribution in [-0.2, 0) is 10.0 Å². The summed E-state index contributed by atoms with van der Waals surface area (Å²) in [5, 5.41) is 0.290. The van der Waals surface area contributed by atoms with Crippen molar-refractivity contribution < 1.29 is 21.6 Å². The molecular formula is C10H10Cl2F3NO2S. The smallest absolute Gasteiger partial charge is 0.207 e. The summed E-state index contributed by atoms with van der Waals surface area (Å²) in [4.78, 5) is -0.258. The fraction of sp³-hybridized carbons (Fsp3) is 0.400. The third kappa shape index (κ3) is 4.83. The number of rotatable bonds is 5. The van der Waals surface area contributed by atoms with Gasteiger partial charge >= 0.3 is 6.18 Å². The van der Waals surface area contributed by atoms with Crippen molar-refractivity contribution in [3.05, 3.63) is 29.3 Å². The van der Waals surface area contributed by atoms with Gasteiger partial charge in [-0.05, 0) is 24.3 Å². The van der Waals surface area contributed by atoms with E-state index in [-0.39, 0.29) is 10.8 Å². The number of halogens is 5. The van der Waals surface area contributed by atoms with Gasteiger partial charge in [0.1, 0.15) is 6.54 Å². The summed E-state index contributed by atoms with van der Waals surface area (Å²) in [5.41, 5.74) is 0. The molecule has 0 aliphatic carbocycles. The summed E-state index contributed by atoms with van der Waals surface area (Å²) in [7, 11) is -4.24. The Morgan fingerprint density at radius 1 is 1.16 bits per heavy atom. The average Bonchev–Trinajstić information content (AvgIpc) is 2.27. The second kappa shape index (κ2) is 6.30. The van der Waals surface area contributed by atoms with Crippen LogP contribution in [0, 0.1) is 0 Å². The molecule has 1 aromatic carbocycles. The fourth-order valence-electron chi connectivity index (χ4n) is 1.33. The first kappa shape index (κ1) is 16.6. The van der Waals surface area contributed by atoms with Crippen molar-refractivity contribution in [3.8, 4) is 0 Å². The Morgan fingerprint density at radius 3 is 2.11 bits per heavy atom. The molecule has 0 bridgehead atoms. The molecule has 19 heavy (non-hydrogen) atoms. The summed E-state index contributed by atoms with van der Waals surface area (Å²) in [6.07, 6.45) is -4.63. The van der Waals surface area contributed by atoms with Crippen LogP contribution in [0.3, 0.4) is 0 Å². The first-order valence-electron chi connectivity index (χ1n) is 5.05. The van der Waals surface area contributed by atoms with Gasteiger partial charge in [0, 0.05) is 17.4 Å². The maximum absolute atomic E-state index is 12.4. The molecule has 0 fully saturated rings. The van der Waals surface area contributed by atoms with Gasteiger partial charge in [-0.1, -0.05) is 11.6 Å². The highest BCUT2D eigenvalue weighted by molar-refractivity contribution is 7.89. The Hall–Kier alpha value is -0.500. The van der Waals surface area contributed by atoms with Gasteiger partial charge in [-0.25, -0.2) is 8.42 Å². The molecule has 0 atom stereocenters. The first-order valence-corrected chi connectivity index (χ1v) is 7.40. The van der Waals surface area contributed by atoms with Gasteiger partial charge in [0.25, 0.3) is 0 Å². The maximum Gasteiger partial charge on any atom is 0.402 e. The van der Waals surface area contributed by atoms with Crippen molar-refractivity contribution in [2.75, 3.05) is 19.0 Å². The van der Waals surface area contributed by atoms with Crippen molar-refractivity contribution in [2.45, 2.75) is 11.1 Å². The summed E-state index contributed by atoms with van der Waals surface area (Å²) in [6, 6.07) is 4.88.